The quantitative estimate of drug-likeness (QED) is 0.586. The van der Waals surface area contributed by atoms with Gasteiger partial charge in [0.15, 0.2) is 0 Å². The lowest BCUT2D eigenvalue weighted by Gasteiger charge is -2.20. The van der Waals surface area contributed by atoms with Crippen molar-refractivity contribution < 1.29 is 0 Å². The summed E-state index contributed by atoms with van der Waals surface area (Å²) >= 11 is 0. The fourth-order valence-electron chi connectivity index (χ4n) is 2.09. The lowest BCUT2D eigenvalue weighted by Crippen LogP contribution is -2.04. The molecule has 0 aliphatic rings. The van der Waals surface area contributed by atoms with Crippen LogP contribution in [0.1, 0.15) is 64.5 Å². The van der Waals surface area contributed by atoms with Crippen molar-refractivity contribution in [1.29, 1.82) is 0 Å². The van der Waals surface area contributed by atoms with E-state index in [1.165, 1.54) is 11.1 Å². The van der Waals surface area contributed by atoms with Crippen molar-refractivity contribution in [3.05, 3.63) is 71.8 Å². The molecule has 2 rings (SSSR count). The fraction of sp³-hybridized carbons (Fsp3) is 0.400. The smallest absolute Gasteiger partial charge is 0.0124 e. The number of rotatable bonds is 3. The molecule has 2 aromatic rings. The maximum Gasteiger partial charge on any atom is -0.0124 e. The minimum atomic E-state index is 0.559. The van der Waals surface area contributed by atoms with Gasteiger partial charge >= 0.3 is 0 Å². The highest BCUT2D eigenvalue weighted by Gasteiger charge is 2.15. The van der Waals surface area contributed by atoms with Crippen LogP contribution in [0.2, 0.25) is 0 Å². The minimum absolute atomic E-state index is 0.559. The van der Waals surface area contributed by atoms with Crippen molar-refractivity contribution in [2.45, 2.75) is 53.4 Å². The maximum atomic E-state index is 2.30. The van der Waals surface area contributed by atoms with Crippen LogP contribution in [-0.4, -0.2) is 0 Å². The predicted molar refractivity (Wildman–Crippen MR) is 92.4 cm³/mol. The first-order valence-corrected chi connectivity index (χ1v) is 7.89. The fourth-order valence-corrected chi connectivity index (χ4v) is 2.09. The van der Waals surface area contributed by atoms with Crippen molar-refractivity contribution in [1.82, 2.24) is 0 Å². The summed E-state index contributed by atoms with van der Waals surface area (Å²) in [7, 11) is 0. The zero-order chi connectivity index (χ0) is 15.4. The van der Waals surface area contributed by atoms with Crippen LogP contribution in [0.15, 0.2) is 60.7 Å². The third-order valence-corrected chi connectivity index (χ3v) is 3.40. The largest absolute Gasteiger partial charge is 0.0683 e. The number of benzene rings is 2. The summed E-state index contributed by atoms with van der Waals surface area (Å²) in [6.45, 7) is 12.6. The zero-order valence-electron chi connectivity index (χ0n) is 13.9. The Labute approximate surface area is 125 Å². The number of hydrogen-bond donors (Lipinski definition) is 0. The van der Waals surface area contributed by atoms with Gasteiger partial charge in [0.1, 0.15) is 0 Å². The molecule has 0 fully saturated rings. The third kappa shape index (κ3) is 5.61. The van der Waals surface area contributed by atoms with Gasteiger partial charge in [-0.1, -0.05) is 102 Å². The zero-order valence-corrected chi connectivity index (χ0v) is 13.9. The summed E-state index contributed by atoms with van der Waals surface area (Å²) in [5.41, 5.74) is 2.83. The van der Waals surface area contributed by atoms with Gasteiger partial charge in [0, 0.05) is 0 Å². The Hall–Kier alpha value is -1.56. The van der Waals surface area contributed by atoms with Gasteiger partial charge in [-0.2, -0.15) is 0 Å². The van der Waals surface area contributed by atoms with Gasteiger partial charge in [-0.05, 0) is 23.0 Å². The molecule has 0 amide bonds. The van der Waals surface area contributed by atoms with E-state index in [-0.39, 0.29) is 0 Å². The van der Waals surface area contributed by atoms with E-state index in [2.05, 4.69) is 74.5 Å². The first-order valence-electron chi connectivity index (χ1n) is 7.89. The van der Waals surface area contributed by atoms with E-state index in [9.17, 15) is 0 Å². The molecule has 0 heterocycles. The number of hydrogen-bond acceptors (Lipinski definition) is 0. The van der Waals surface area contributed by atoms with Crippen LogP contribution in [0.4, 0.5) is 0 Å². The van der Waals surface area contributed by atoms with Crippen LogP contribution in [0.25, 0.3) is 0 Å². The Balaban J connectivity index is 0.000000829. The van der Waals surface area contributed by atoms with Crippen molar-refractivity contribution in [3.63, 3.8) is 0 Å². The molecule has 0 saturated carbocycles. The normalized spacial score (nSPS) is 12.1. The van der Waals surface area contributed by atoms with Gasteiger partial charge in [-0.25, -0.2) is 0 Å². The molecule has 2 unspecified atom stereocenters. The lowest BCUT2D eigenvalue weighted by atomic mass is 9.84. The molecule has 0 radical (unpaired) electrons. The maximum absolute atomic E-state index is 2.30. The van der Waals surface area contributed by atoms with Gasteiger partial charge < -0.3 is 0 Å². The standard InChI is InChI=1S/C16H18.2C2H6/c1-13(15-9-5-3-6-10-15)14(2)16-11-7-4-8-12-16;2*1-2/h3-14H,1-2H3;2*1-2H3. The van der Waals surface area contributed by atoms with Crippen molar-refractivity contribution in [3.8, 4) is 0 Å². The minimum Gasteiger partial charge on any atom is -0.0683 e. The predicted octanol–water partition coefficient (Wildman–Crippen LogP) is 6.65. The average Bonchev–Trinajstić information content (AvgIpc) is 2.59. The second-order valence-electron chi connectivity index (χ2n) is 4.40. The van der Waals surface area contributed by atoms with E-state index in [0.29, 0.717) is 11.8 Å². The highest BCUT2D eigenvalue weighted by atomic mass is 14.2. The summed E-state index contributed by atoms with van der Waals surface area (Å²) in [5.74, 6) is 1.12. The molecule has 20 heavy (non-hydrogen) atoms. The summed E-state index contributed by atoms with van der Waals surface area (Å²) in [5, 5.41) is 0. The molecule has 2 aromatic carbocycles. The lowest BCUT2D eigenvalue weighted by molar-refractivity contribution is 0.624. The van der Waals surface area contributed by atoms with Crippen LogP contribution >= 0.6 is 0 Å². The van der Waals surface area contributed by atoms with E-state index in [1.807, 2.05) is 27.7 Å². The van der Waals surface area contributed by atoms with Crippen LogP contribution in [0.3, 0.4) is 0 Å². The first-order chi connectivity index (χ1) is 9.79. The van der Waals surface area contributed by atoms with Gasteiger partial charge in [0.05, 0.1) is 0 Å². The summed E-state index contributed by atoms with van der Waals surface area (Å²) in [6, 6.07) is 21.5. The summed E-state index contributed by atoms with van der Waals surface area (Å²) < 4.78 is 0. The van der Waals surface area contributed by atoms with E-state index >= 15 is 0 Å². The van der Waals surface area contributed by atoms with E-state index in [1.54, 1.807) is 0 Å². The van der Waals surface area contributed by atoms with Crippen LogP contribution in [-0.2, 0) is 0 Å². The molecular formula is C20H30. The molecule has 0 heteroatoms. The first kappa shape index (κ1) is 18.4. The van der Waals surface area contributed by atoms with E-state index in [4.69, 9.17) is 0 Å². The van der Waals surface area contributed by atoms with Crippen LogP contribution in [0.5, 0.6) is 0 Å². The average molecular weight is 270 g/mol. The highest BCUT2D eigenvalue weighted by molar-refractivity contribution is 5.27. The molecule has 0 bridgehead atoms. The van der Waals surface area contributed by atoms with Crippen LogP contribution in [0, 0.1) is 0 Å². The SMILES string of the molecule is CC.CC.CC(c1ccccc1)C(C)c1ccccc1. The summed E-state index contributed by atoms with van der Waals surface area (Å²) in [6.07, 6.45) is 0. The molecule has 2 atom stereocenters. The van der Waals surface area contributed by atoms with Crippen molar-refractivity contribution >= 4 is 0 Å². The van der Waals surface area contributed by atoms with Gasteiger partial charge in [0.2, 0.25) is 0 Å². The van der Waals surface area contributed by atoms with Crippen molar-refractivity contribution in [2.24, 2.45) is 0 Å². The van der Waals surface area contributed by atoms with E-state index in [0.717, 1.165) is 0 Å². The Morgan fingerprint density at radius 1 is 0.500 bits per heavy atom. The second-order valence-corrected chi connectivity index (χ2v) is 4.40. The van der Waals surface area contributed by atoms with E-state index < -0.39 is 0 Å². The Kier molecular flexibility index (Phi) is 10.4. The van der Waals surface area contributed by atoms with Crippen molar-refractivity contribution in [2.75, 3.05) is 0 Å². The Morgan fingerprint density at radius 2 is 0.750 bits per heavy atom. The molecule has 110 valence electrons. The molecule has 0 spiro atoms. The summed E-state index contributed by atoms with van der Waals surface area (Å²) in [4.78, 5) is 0. The molecule has 0 aliphatic carbocycles. The van der Waals surface area contributed by atoms with Gasteiger partial charge in [-0.15, -0.1) is 0 Å². The molecular weight excluding hydrogens is 240 g/mol. The molecule has 0 nitrogen and oxygen atoms in total. The Morgan fingerprint density at radius 3 is 1.00 bits per heavy atom. The second kappa shape index (κ2) is 11.3. The molecule has 0 N–H and O–H groups in total. The highest BCUT2D eigenvalue weighted by Crippen LogP contribution is 2.31. The Bertz CT molecular complexity index is 373. The molecule has 0 saturated heterocycles. The molecule has 0 aromatic heterocycles. The van der Waals surface area contributed by atoms with Crippen LogP contribution < -0.4 is 0 Å². The monoisotopic (exact) mass is 270 g/mol. The molecule has 0 aliphatic heterocycles. The third-order valence-electron chi connectivity index (χ3n) is 3.40. The van der Waals surface area contributed by atoms with Gasteiger partial charge in [-0.3, -0.25) is 0 Å². The van der Waals surface area contributed by atoms with Gasteiger partial charge in [0.25, 0.3) is 0 Å². The topological polar surface area (TPSA) is 0 Å².